The fraction of sp³-hybridized carbons (Fsp3) is 0.357. The first kappa shape index (κ1) is 17.7. The van der Waals surface area contributed by atoms with Gasteiger partial charge in [-0.1, -0.05) is 24.3 Å². The molecule has 3 N–H and O–H groups in total. The lowest BCUT2D eigenvalue weighted by Crippen LogP contribution is -2.39. The van der Waals surface area contributed by atoms with Crippen LogP contribution in [0.1, 0.15) is 18.9 Å². The number of hydrogen-bond donors (Lipinski definition) is 3. The largest absolute Gasteiger partial charge is 0.418 e. The van der Waals surface area contributed by atoms with Gasteiger partial charge in [0.1, 0.15) is 0 Å². The zero-order valence-corrected chi connectivity index (χ0v) is 12.7. The molecule has 10 heteroatoms. The van der Waals surface area contributed by atoms with E-state index in [0.29, 0.717) is 6.42 Å². The highest BCUT2D eigenvalue weighted by Crippen LogP contribution is 2.33. The summed E-state index contributed by atoms with van der Waals surface area (Å²) in [5.41, 5.74) is -1.06. The normalized spacial score (nSPS) is 12.7. The molecule has 0 unspecified atom stereocenters. The van der Waals surface area contributed by atoms with Crippen molar-refractivity contribution < 1.29 is 23.1 Å². The van der Waals surface area contributed by atoms with Crippen molar-refractivity contribution in [2.75, 3.05) is 11.9 Å². The lowest BCUT2D eigenvalue weighted by atomic mass is 10.2. The zero-order chi connectivity index (χ0) is 17.7. The van der Waals surface area contributed by atoms with Crippen LogP contribution in [0, 0.1) is 0 Å². The number of aromatic nitrogens is 3. The summed E-state index contributed by atoms with van der Waals surface area (Å²) in [5.74, 6) is -0.0164. The van der Waals surface area contributed by atoms with Crippen molar-refractivity contribution in [3.63, 3.8) is 0 Å². The monoisotopic (exact) mass is 343 g/mol. The molecule has 0 bridgehead atoms. The third kappa shape index (κ3) is 4.22. The number of rotatable bonds is 5. The van der Waals surface area contributed by atoms with Crippen LogP contribution in [0.3, 0.4) is 0 Å². The molecule has 0 saturated carbocycles. The van der Waals surface area contributed by atoms with Crippen LogP contribution in [-0.4, -0.2) is 38.8 Å². The molecule has 0 aliphatic carbocycles. The van der Waals surface area contributed by atoms with Gasteiger partial charge in [-0.2, -0.15) is 13.2 Å². The molecule has 1 atom stereocenters. The molecule has 0 fully saturated rings. The van der Waals surface area contributed by atoms with Crippen LogP contribution in [0.5, 0.6) is 0 Å². The van der Waals surface area contributed by atoms with Gasteiger partial charge < -0.3 is 10.4 Å². The standard InChI is InChI=1S/C14H16F3N5O2/c1-2-9(8-23)18-13(24)19-12-7-22(21-20-12)11-6-4-3-5-10(11)14(15,16)17/h3-7,9,23H,2,8H2,1H3,(H2,18,19,24)/t9-/m0/s1. The zero-order valence-electron chi connectivity index (χ0n) is 12.7. The second kappa shape index (κ2) is 7.30. The van der Waals surface area contributed by atoms with Crippen LogP contribution in [0.4, 0.5) is 23.8 Å². The average Bonchev–Trinajstić information content (AvgIpc) is 3.00. The summed E-state index contributed by atoms with van der Waals surface area (Å²) in [4.78, 5) is 11.7. The van der Waals surface area contributed by atoms with Gasteiger partial charge in [-0.3, -0.25) is 5.32 Å². The predicted octanol–water partition coefficient (Wildman–Crippen LogP) is 2.18. The molecule has 1 aromatic carbocycles. The van der Waals surface area contributed by atoms with Crippen molar-refractivity contribution in [2.24, 2.45) is 0 Å². The van der Waals surface area contributed by atoms with E-state index in [4.69, 9.17) is 5.11 Å². The van der Waals surface area contributed by atoms with Crippen LogP contribution in [0.25, 0.3) is 5.69 Å². The molecule has 7 nitrogen and oxygen atoms in total. The van der Waals surface area contributed by atoms with Crippen LogP contribution >= 0.6 is 0 Å². The van der Waals surface area contributed by atoms with Gasteiger partial charge in [0.25, 0.3) is 0 Å². The summed E-state index contributed by atoms with van der Waals surface area (Å²) in [6, 6.07) is 3.84. The van der Waals surface area contributed by atoms with Crippen LogP contribution in [-0.2, 0) is 6.18 Å². The number of halogens is 3. The number of nitrogens with one attached hydrogen (secondary N) is 2. The number of benzene rings is 1. The van der Waals surface area contributed by atoms with Crippen molar-refractivity contribution in [3.05, 3.63) is 36.0 Å². The number of carbonyl (C=O) groups is 1. The Morgan fingerprint density at radius 3 is 2.71 bits per heavy atom. The van der Waals surface area contributed by atoms with Crippen molar-refractivity contribution in [1.29, 1.82) is 0 Å². The third-order valence-electron chi connectivity index (χ3n) is 3.24. The summed E-state index contributed by atoms with van der Waals surface area (Å²) in [6.45, 7) is 1.56. The number of para-hydroxylation sites is 1. The molecule has 2 aromatic rings. The fourth-order valence-corrected chi connectivity index (χ4v) is 1.97. The topological polar surface area (TPSA) is 92.1 Å². The minimum Gasteiger partial charge on any atom is -0.394 e. The van der Waals surface area contributed by atoms with E-state index in [2.05, 4.69) is 20.9 Å². The summed E-state index contributed by atoms with van der Waals surface area (Å²) < 4.78 is 40.0. The molecule has 0 saturated heterocycles. The van der Waals surface area contributed by atoms with E-state index >= 15 is 0 Å². The minimum absolute atomic E-state index is 0.0164. The lowest BCUT2D eigenvalue weighted by Gasteiger charge is -2.13. The van der Waals surface area contributed by atoms with Crippen LogP contribution in [0.2, 0.25) is 0 Å². The highest BCUT2D eigenvalue weighted by atomic mass is 19.4. The number of hydrogen-bond acceptors (Lipinski definition) is 4. The summed E-state index contributed by atoms with van der Waals surface area (Å²) in [5, 5.41) is 21.1. The highest BCUT2D eigenvalue weighted by molar-refractivity contribution is 5.88. The highest BCUT2D eigenvalue weighted by Gasteiger charge is 2.34. The van der Waals surface area contributed by atoms with E-state index in [1.54, 1.807) is 6.92 Å². The molecule has 130 valence electrons. The third-order valence-corrected chi connectivity index (χ3v) is 3.24. The first-order valence-corrected chi connectivity index (χ1v) is 7.12. The number of amides is 2. The molecule has 0 spiro atoms. The number of urea groups is 1. The number of aliphatic hydroxyl groups excluding tert-OH is 1. The van der Waals surface area contributed by atoms with Gasteiger partial charge >= 0.3 is 12.2 Å². The number of nitrogens with zero attached hydrogens (tertiary/aromatic N) is 3. The van der Waals surface area contributed by atoms with Crippen molar-refractivity contribution in [3.8, 4) is 5.69 Å². The lowest BCUT2D eigenvalue weighted by molar-refractivity contribution is -0.137. The second-order valence-corrected chi connectivity index (χ2v) is 4.95. The summed E-state index contributed by atoms with van der Waals surface area (Å²) in [7, 11) is 0. The van der Waals surface area contributed by atoms with E-state index in [1.165, 1.54) is 24.4 Å². The van der Waals surface area contributed by atoms with E-state index in [9.17, 15) is 18.0 Å². The Balaban J connectivity index is 2.16. The Bertz CT molecular complexity index is 698. The quantitative estimate of drug-likeness (QED) is 0.776. The number of alkyl halides is 3. The van der Waals surface area contributed by atoms with Gasteiger partial charge in [0.15, 0.2) is 5.82 Å². The van der Waals surface area contributed by atoms with Crippen LogP contribution < -0.4 is 10.6 Å². The van der Waals surface area contributed by atoms with Gasteiger partial charge in [0, 0.05) is 0 Å². The maximum Gasteiger partial charge on any atom is 0.418 e. The van der Waals surface area contributed by atoms with Crippen molar-refractivity contribution in [1.82, 2.24) is 20.3 Å². The van der Waals surface area contributed by atoms with Gasteiger partial charge in [-0.25, -0.2) is 9.48 Å². The fourth-order valence-electron chi connectivity index (χ4n) is 1.97. The van der Waals surface area contributed by atoms with Crippen LogP contribution in [0.15, 0.2) is 30.5 Å². The number of anilines is 1. The molecule has 1 heterocycles. The number of carbonyl (C=O) groups excluding carboxylic acids is 1. The summed E-state index contributed by atoms with van der Waals surface area (Å²) in [6.07, 6.45) is -2.84. The first-order chi connectivity index (χ1) is 11.3. The summed E-state index contributed by atoms with van der Waals surface area (Å²) >= 11 is 0. The Hall–Kier alpha value is -2.62. The average molecular weight is 343 g/mol. The second-order valence-electron chi connectivity index (χ2n) is 4.95. The van der Waals surface area contributed by atoms with E-state index in [-0.39, 0.29) is 18.1 Å². The Morgan fingerprint density at radius 2 is 2.08 bits per heavy atom. The van der Waals surface area contributed by atoms with Gasteiger partial charge in [-0.15, -0.1) is 5.10 Å². The first-order valence-electron chi connectivity index (χ1n) is 7.12. The van der Waals surface area contributed by atoms with E-state index < -0.39 is 23.8 Å². The SMILES string of the molecule is CC[C@@H](CO)NC(=O)Nc1cn(-c2ccccc2C(F)(F)F)nn1. The smallest absolute Gasteiger partial charge is 0.394 e. The van der Waals surface area contributed by atoms with Gasteiger partial charge in [-0.05, 0) is 18.6 Å². The van der Waals surface area contributed by atoms with E-state index in [1.807, 2.05) is 0 Å². The molecule has 2 amide bonds. The predicted molar refractivity (Wildman–Crippen MR) is 79.7 cm³/mol. The van der Waals surface area contributed by atoms with Gasteiger partial charge in [0.2, 0.25) is 0 Å². The maximum atomic E-state index is 13.0. The molecule has 0 radical (unpaired) electrons. The molecule has 24 heavy (non-hydrogen) atoms. The molecule has 0 aliphatic heterocycles. The molecule has 0 aliphatic rings. The molecule has 2 rings (SSSR count). The van der Waals surface area contributed by atoms with Gasteiger partial charge in [0.05, 0.1) is 30.1 Å². The Morgan fingerprint density at radius 1 is 1.38 bits per heavy atom. The van der Waals surface area contributed by atoms with Crippen molar-refractivity contribution >= 4 is 11.8 Å². The Labute approximate surface area is 135 Å². The number of aliphatic hydroxyl groups is 1. The maximum absolute atomic E-state index is 13.0. The minimum atomic E-state index is -4.54. The molecule has 1 aromatic heterocycles. The van der Waals surface area contributed by atoms with Crippen molar-refractivity contribution in [2.45, 2.75) is 25.6 Å². The molecular weight excluding hydrogens is 327 g/mol. The molecular formula is C14H16F3N5O2. The Kier molecular flexibility index (Phi) is 5.39. The van der Waals surface area contributed by atoms with E-state index in [0.717, 1.165) is 10.7 Å².